The van der Waals surface area contributed by atoms with Gasteiger partial charge in [-0.15, -0.1) is 0 Å². The molecule has 1 aromatic heterocycles. The molecule has 0 radical (unpaired) electrons. The highest BCUT2D eigenvalue weighted by Gasteiger charge is 2.12. The molecule has 0 aliphatic rings. The van der Waals surface area contributed by atoms with Crippen LogP contribution in [0, 0.1) is 27.7 Å². The molecule has 0 amide bonds. The summed E-state index contributed by atoms with van der Waals surface area (Å²) in [6.45, 7) is 9.04. The van der Waals surface area contributed by atoms with Crippen LogP contribution in [0.3, 0.4) is 0 Å². The van der Waals surface area contributed by atoms with Crippen LogP contribution >= 0.6 is 0 Å². The molecule has 0 aliphatic carbocycles. The number of aromatic nitrogens is 1. The SMILES string of the molecule is Cc1ccc(N(C)Cc2c(C)noc2C)c(C)c1. The van der Waals surface area contributed by atoms with Crippen molar-refractivity contribution < 1.29 is 4.52 Å². The molecule has 96 valence electrons. The number of aryl methyl sites for hydroxylation is 4. The average molecular weight is 244 g/mol. The van der Waals surface area contributed by atoms with Gasteiger partial charge in [0.25, 0.3) is 0 Å². The molecule has 0 spiro atoms. The highest BCUT2D eigenvalue weighted by molar-refractivity contribution is 5.54. The van der Waals surface area contributed by atoms with Crippen molar-refractivity contribution >= 4 is 5.69 Å². The minimum atomic E-state index is 0.824. The summed E-state index contributed by atoms with van der Waals surface area (Å²) >= 11 is 0. The zero-order valence-corrected chi connectivity index (χ0v) is 11.7. The topological polar surface area (TPSA) is 29.3 Å². The van der Waals surface area contributed by atoms with Crippen molar-refractivity contribution in [1.29, 1.82) is 0 Å². The number of anilines is 1. The van der Waals surface area contributed by atoms with Crippen molar-refractivity contribution in [2.24, 2.45) is 0 Å². The second-order valence-corrected chi connectivity index (χ2v) is 4.95. The van der Waals surface area contributed by atoms with Crippen molar-refractivity contribution in [3.05, 3.63) is 46.3 Å². The molecule has 0 atom stereocenters. The summed E-state index contributed by atoms with van der Waals surface area (Å²) in [7, 11) is 2.10. The highest BCUT2D eigenvalue weighted by atomic mass is 16.5. The van der Waals surface area contributed by atoms with E-state index in [0.717, 1.165) is 18.0 Å². The van der Waals surface area contributed by atoms with Crippen molar-refractivity contribution in [1.82, 2.24) is 5.16 Å². The van der Waals surface area contributed by atoms with Crippen molar-refractivity contribution in [3.8, 4) is 0 Å². The van der Waals surface area contributed by atoms with Gasteiger partial charge in [0.1, 0.15) is 5.76 Å². The first-order valence-corrected chi connectivity index (χ1v) is 6.19. The maximum Gasteiger partial charge on any atom is 0.138 e. The van der Waals surface area contributed by atoms with Gasteiger partial charge in [0, 0.05) is 24.8 Å². The van der Waals surface area contributed by atoms with Gasteiger partial charge in [0.05, 0.1) is 5.69 Å². The number of hydrogen-bond acceptors (Lipinski definition) is 3. The third-order valence-corrected chi connectivity index (χ3v) is 3.34. The molecule has 18 heavy (non-hydrogen) atoms. The standard InChI is InChI=1S/C15H20N2O/c1-10-6-7-15(11(2)8-10)17(5)9-14-12(3)16-18-13(14)4/h6-8H,9H2,1-5H3. The van der Waals surface area contributed by atoms with E-state index in [1.807, 2.05) is 13.8 Å². The Balaban J connectivity index is 2.24. The fourth-order valence-electron chi connectivity index (χ4n) is 2.28. The van der Waals surface area contributed by atoms with Crippen molar-refractivity contribution in [3.63, 3.8) is 0 Å². The third-order valence-electron chi connectivity index (χ3n) is 3.34. The first kappa shape index (κ1) is 12.7. The monoisotopic (exact) mass is 244 g/mol. The summed E-state index contributed by atoms with van der Waals surface area (Å²) in [4.78, 5) is 2.24. The van der Waals surface area contributed by atoms with Crippen LogP contribution in [0.25, 0.3) is 0 Å². The normalized spacial score (nSPS) is 10.7. The van der Waals surface area contributed by atoms with Crippen LogP contribution in [0.1, 0.15) is 28.1 Å². The third kappa shape index (κ3) is 2.40. The first-order chi connectivity index (χ1) is 8.49. The Morgan fingerprint density at radius 1 is 1.17 bits per heavy atom. The lowest BCUT2D eigenvalue weighted by atomic mass is 10.1. The molecule has 0 saturated heterocycles. The van der Waals surface area contributed by atoms with Crippen LogP contribution in [0.4, 0.5) is 5.69 Å². The van der Waals surface area contributed by atoms with Crippen LogP contribution in [-0.4, -0.2) is 12.2 Å². The van der Waals surface area contributed by atoms with Crippen molar-refractivity contribution in [2.45, 2.75) is 34.2 Å². The summed E-state index contributed by atoms with van der Waals surface area (Å²) in [6, 6.07) is 6.52. The summed E-state index contributed by atoms with van der Waals surface area (Å²) in [6.07, 6.45) is 0. The van der Waals surface area contributed by atoms with Crippen LogP contribution in [0.5, 0.6) is 0 Å². The average Bonchev–Trinajstić information content (AvgIpc) is 2.60. The van der Waals surface area contributed by atoms with E-state index in [0.29, 0.717) is 0 Å². The lowest BCUT2D eigenvalue weighted by molar-refractivity contribution is 0.392. The van der Waals surface area contributed by atoms with Crippen LogP contribution < -0.4 is 4.90 Å². The molecule has 3 heteroatoms. The molecule has 0 saturated carbocycles. The summed E-state index contributed by atoms with van der Waals surface area (Å²) in [5, 5.41) is 4.00. The highest BCUT2D eigenvalue weighted by Crippen LogP contribution is 2.23. The zero-order chi connectivity index (χ0) is 13.3. The Morgan fingerprint density at radius 2 is 1.89 bits per heavy atom. The van der Waals surface area contributed by atoms with E-state index in [4.69, 9.17) is 4.52 Å². The lowest BCUT2D eigenvalue weighted by Gasteiger charge is -2.21. The van der Waals surface area contributed by atoms with E-state index in [1.165, 1.54) is 22.4 Å². The second kappa shape index (κ2) is 4.84. The van der Waals surface area contributed by atoms with Crippen LogP contribution in [0.2, 0.25) is 0 Å². The largest absolute Gasteiger partial charge is 0.370 e. The molecular weight excluding hydrogens is 224 g/mol. The molecule has 0 aliphatic heterocycles. The van der Waals surface area contributed by atoms with Gasteiger partial charge >= 0.3 is 0 Å². The van der Waals surface area contributed by atoms with Crippen molar-refractivity contribution in [2.75, 3.05) is 11.9 Å². The van der Waals surface area contributed by atoms with Gasteiger partial charge in [-0.1, -0.05) is 22.9 Å². The van der Waals surface area contributed by atoms with E-state index in [1.54, 1.807) is 0 Å². The maximum absolute atomic E-state index is 5.20. The van der Waals surface area contributed by atoms with Gasteiger partial charge in [0.15, 0.2) is 0 Å². The zero-order valence-electron chi connectivity index (χ0n) is 11.7. The molecule has 2 rings (SSSR count). The quantitative estimate of drug-likeness (QED) is 0.827. The molecule has 0 bridgehead atoms. The first-order valence-electron chi connectivity index (χ1n) is 6.19. The lowest BCUT2D eigenvalue weighted by Crippen LogP contribution is -2.18. The molecule has 1 aromatic carbocycles. The summed E-state index contributed by atoms with van der Waals surface area (Å²) < 4.78 is 5.20. The molecular formula is C15H20N2O. The van der Waals surface area contributed by atoms with Gasteiger partial charge in [-0.25, -0.2) is 0 Å². The molecule has 2 aromatic rings. The van der Waals surface area contributed by atoms with Crippen LogP contribution in [-0.2, 0) is 6.54 Å². The molecule has 1 heterocycles. The number of benzene rings is 1. The van der Waals surface area contributed by atoms with E-state index in [2.05, 4.69) is 49.2 Å². The van der Waals surface area contributed by atoms with Gasteiger partial charge in [-0.05, 0) is 39.3 Å². The Kier molecular flexibility index (Phi) is 3.41. The Bertz CT molecular complexity index is 538. The fourth-order valence-corrected chi connectivity index (χ4v) is 2.28. The Morgan fingerprint density at radius 3 is 2.44 bits per heavy atom. The predicted octanol–water partition coefficient (Wildman–Crippen LogP) is 3.54. The van der Waals surface area contributed by atoms with Gasteiger partial charge in [-0.3, -0.25) is 0 Å². The summed E-state index contributed by atoms with van der Waals surface area (Å²) in [5.41, 5.74) is 5.99. The van der Waals surface area contributed by atoms with E-state index < -0.39 is 0 Å². The predicted molar refractivity (Wildman–Crippen MR) is 74.0 cm³/mol. The number of rotatable bonds is 3. The Labute approximate surface area is 108 Å². The van der Waals surface area contributed by atoms with Gasteiger partial charge < -0.3 is 9.42 Å². The number of nitrogens with zero attached hydrogens (tertiary/aromatic N) is 2. The molecule has 0 unspecified atom stereocenters. The summed E-state index contributed by atoms with van der Waals surface area (Å²) in [5.74, 6) is 0.907. The van der Waals surface area contributed by atoms with Gasteiger partial charge in [-0.2, -0.15) is 0 Å². The maximum atomic E-state index is 5.20. The fraction of sp³-hybridized carbons (Fsp3) is 0.400. The van der Waals surface area contributed by atoms with E-state index in [9.17, 15) is 0 Å². The van der Waals surface area contributed by atoms with Crippen LogP contribution in [0.15, 0.2) is 22.7 Å². The van der Waals surface area contributed by atoms with E-state index in [-0.39, 0.29) is 0 Å². The minimum Gasteiger partial charge on any atom is -0.370 e. The molecule has 0 N–H and O–H groups in total. The smallest absolute Gasteiger partial charge is 0.138 e. The second-order valence-electron chi connectivity index (χ2n) is 4.95. The number of hydrogen-bond donors (Lipinski definition) is 0. The Hall–Kier alpha value is -1.77. The van der Waals surface area contributed by atoms with E-state index >= 15 is 0 Å². The molecule has 0 fully saturated rings. The molecule has 3 nitrogen and oxygen atoms in total. The minimum absolute atomic E-state index is 0.824. The van der Waals surface area contributed by atoms with Gasteiger partial charge in [0.2, 0.25) is 0 Å².